The van der Waals surface area contributed by atoms with Crippen LogP contribution in [0.5, 0.6) is 0 Å². The van der Waals surface area contributed by atoms with Crippen molar-refractivity contribution in [3.05, 3.63) is 16.1 Å². The van der Waals surface area contributed by atoms with Crippen LogP contribution in [0.15, 0.2) is 5.38 Å². The average molecular weight is 254 g/mol. The molecule has 1 aromatic heterocycles. The van der Waals surface area contributed by atoms with Crippen molar-refractivity contribution in [2.45, 2.75) is 46.1 Å². The Morgan fingerprint density at radius 2 is 2.24 bits per heavy atom. The lowest BCUT2D eigenvalue weighted by Gasteiger charge is -2.35. The van der Waals surface area contributed by atoms with E-state index in [2.05, 4.69) is 24.2 Å². The number of nitrogens with zero attached hydrogens (tertiary/aromatic N) is 1. The summed E-state index contributed by atoms with van der Waals surface area (Å²) in [5, 5.41) is 13.7. The summed E-state index contributed by atoms with van der Waals surface area (Å²) in [7, 11) is 0. The van der Waals surface area contributed by atoms with Gasteiger partial charge in [-0.2, -0.15) is 0 Å². The first-order valence-electron chi connectivity index (χ1n) is 6.19. The number of aliphatic hydroxyl groups excluding tert-OH is 1. The maximum absolute atomic E-state index is 10.5. The van der Waals surface area contributed by atoms with Crippen molar-refractivity contribution in [1.29, 1.82) is 0 Å². The molecule has 1 aliphatic rings. The molecule has 4 heteroatoms. The topological polar surface area (TPSA) is 59.1 Å². The van der Waals surface area contributed by atoms with Crippen molar-refractivity contribution in [3.8, 4) is 0 Å². The molecule has 1 aliphatic carbocycles. The molecular weight excluding hydrogens is 232 g/mol. The number of aryl methyl sites for hydroxylation is 1. The Kier molecular flexibility index (Phi) is 3.31. The zero-order valence-electron chi connectivity index (χ0n) is 10.9. The van der Waals surface area contributed by atoms with E-state index < -0.39 is 0 Å². The van der Waals surface area contributed by atoms with Crippen LogP contribution < -0.4 is 5.73 Å². The van der Waals surface area contributed by atoms with E-state index >= 15 is 0 Å². The summed E-state index contributed by atoms with van der Waals surface area (Å²) in [5.74, 6) is 0. The molecular formula is C13H22N2OS. The third-order valence-corrected chi connectivity index (χ3v) is 5.02. The summed E-state index contributed by atoms with van der Waals surface area (Å²) in [6.45, 7) is 6.80. The van der Waals surface area contributed by atoms with Gasteiger partial charge in [0.05, 0.1) is 16.8 Å². The Morgan fingerprint density at radius 1 is 1.53 bits per heavy atom. The van der Waals surface area contributed by atoms with E-state index in [9.17, 15) is 5.11 Å². The fraction of sp³-hybridized carbons (Fsp3) is 0.769. The van der Waals surface area contributed by atoms with Gasteiger partial charge in [0.25, 0.3) is 0 Å². The summed E-state index contributed by atoms with van der Waals surface area (Å²) in [6.07, 6.45) is 2.50. The Labute approximate surface area is 107 Å². The number of rotatable bonds is 3. The van der Waals surface area contributed by atoms with Crippen LogP contribution in [0.1, 0.15) is 37.4 Å². The van der Waals surface area contributed by atoms with Crippen molar-refractivity contribution in [1.82, 2.24) is 4.98 Å². The summed E-state index contributed by atoms with van der Waals surface area (Å²) in [6, 6.07) is 0. The smallest absolute Gasteiger partial charge is 0.0897 e. The van der Waals surface area contributed by atoms with Crippen molar-refractivity contribution < 1.29 is 5.11 Å². The normalized spacial score (nSPS) is 31.9. The molecule has 2 atom stereocenters. The minimum atomic E-state index is -0.331. The molecule has 0 amide bonds. The lowest BCUT2D eigenvalue weighted by molar-refractivity contribution is -0.00502. The van der Waals surface area contributed by atoms with Gasteiger partial charge in [0.1, 0.15) is 0 Å². The molecule has 17 heavy (non-hydrogen) atoms. The SMILES string of the molecule is Cc1nc(CC2(CN)CCC(C)(C)C2O)cs1. The standard InChI is InChI=1S/C13H22N2OS/c1-9-15-10(7-17-9)6-13(8-14)5-4-12(2,3)11(13)16/h7,11,16H,4-6,8,14H2,1-3H3. The van der Waals surface area contributed by atoms with Crippen LogP contribution in [0, 0.1) is 17.8 Å². The van der Waals surface area contributed by atoms with Gasteiger partial charge in [-0.15, -0.1) is 11.3 Å². The van der Waals surface area contributed by atoms with Crippen molar-refractivity contribution in [2.24, 2.45) is 16.6 Å². The molecule has 1 heterocycles. The number of thiazole rings is 1. The first-order valence-corrected chi connectivity index (χ1v) is 7.07. The van der Waals surface area contributed by atoms with Crippen LogP contribution in [0.4, 0.5) is 0 Å². The largest absolute Gasteiger partial charge is 0.392 e. The molecule has 3 nitrogen and oxygen atoms in total. The van der Waals surface area contributed by atoms with E-state index in [0.29, 0.717) is 6.54 Å². The predicted octanol–water partition coefficient (Wildman–Crippen LogP) is 2.12. The molecule has 1 fully saturated rings. The minimum absolute atomic E-state index is 0.0234. The van der Waals surface area contributed by atoms with Gasteiger partial charge in [-0.3, -0.25) is 0 Å². The second-order valence-electron chi connectivity index (χ2n) is 5.99. The van der Waals surface area contributed by atoms with Crippen LogP contribution in [-0.4, -0.2) is 22.7 Å². The lowest BCUT2D eigenvalue weighted by Crippen LogP contribution is -2.44. The van der Waals surface area contributed by atoms with E-state index in [0.717, 1.165) is 30.0 Å². The molecule has 2 rings (SSSR count). The highest BCUT2D eigenvalue weighted by atomic mass is 32.1. The van der Waals surface area contributed by atoms with Gasteiger partial charge < -0.3 is 10.8 Å². The molecule has 2 unspecified atom stereocenters. The number of aliphatic hydroxyl groups is 1. The van der Waals surface area contributed by atoms with Crippen LogP contribution in [0.3, 0.4) is 0 Å². The Balaban J connectivity index is 2.21. The van der Waals surface area contributed by atoms with Gasteiger partial charge in [-0.1, -0.05) is 13.8 Å². The van der Waals surface area contributed by atoms with Crippen LogP contribution >= 0.6 is 11.3 Å². The number of aromatic nitrogens is 1. The highest BCUT2D eigenvalue weighted by Gasteiger charge is 2.51. The molecule has 0 aromatic carbocycles. The molecule has 0 aliphatic heterocycles. The molecule has 0 spiro atoms. The van der Waals surface area contributed by atoms with Gasteiger partial charge in [0.2, 0.25) is 0 Å². The quantitative estimate of drug-likeness (QED) is 0.868. The van der Waals surface area contributed by atoms with Crippen molar-refractivity contribution in [2.75, 3.05) is 6.54 Å². The zero-order valence-corrected chi connectivity index (χ0v) is 11.7. The van der Waals surface area contributed by atoms with Gasteiger partial charge >= 0.3 is 0 Å². The van der Waals surface area contributed by atoms with Gasteiger partial charge in [0.15, 0.2) is 0 Å². The van der Waals surface area contributed by atoms with Crippen LogP contribution in [0.25, 0.3) is 0 Å². The van der Waals surface area contributed by atoms with Crippen molar-refractivity contribution in [3.63, 3.8) is 0 Å². The predicted molar refractivity (Wildman–Crippen MR) is 71.1 cm³/mol. The maximum Gasteiger partial charge on any atom is 0.0897 e. The number of nitrogens with two attached hydrogens (primary N) is 1. The van der Waals surface area contributed by atoms with Gasteiger partial charge in [-0.05, 0) is 31.6 Å². The lowest BCUT2D eigenvalue weighted by atomic mass is 9.75. The average Bonchev–Trinajstić information content (AvgIpc) is 2.77. The van der Waals surface area contributed by atoms with E-state index in [4.69, 9.17) is 5.73 Å². The second-order valence-corrected chi connectivity index (χ2v) is 7.05. The van der Waals surface area contributed by atoms with Crippen LogP contribution in [-0.2, 0) is 6.42 Å². The van der Waals surface area contributed by atoms with Crippen LogP contribution in [0.2, 0.25) is 0 Å². The molecule has 0 radical (unpaired) electrons. The van der Waals surface area contributed by atoms with E-state index in [1.165, 1.54) is 0 Å². The highest BCUT2D eigenvalue weighted by Crippen LogP contribution is 2.50. The monoisotopic (exact) mass is 254 g/mol. The minimum Gasteiger partial charge on any atom is -0.392 e. The Hall–Kier alpha value is -0.450. The number of hydrogen-bond acceptors (Lipinski definition) is 4. The Morgan fingerprint density at radius 3 is 2.65 bits per heavy atom. The van der Waals surface area contributed by atoms with E-state index in [1.54, 1.807) is 11.3 Å². The fourth-order valence-electron chi connectivity index (χ4n) is 2.99. The summed E-state index contributed by atoms with van der Waals surface area (Å²) in [4.78, 5) is 4.50. The molecule has 0 saturated heterocycles. The summed E-state index contributed by atoms with van der Waals surface area (Å²) < 4.78 is 0. The number of hydrogen-bond donors (Lipinski definition) is 2. The first kappa shape index (κ1) is 13.0. The molecule has 0 bridgehead atoms. The van der Waals surface area contributed by atoms with Crippen molar-refractivity contribution >= 4 is 11.3 Å². The zero-order chi connectivity index (χ0) is 12.7. The van der Waals surface area contributed by atoms with Gasteiger partial charge in [-0.25, -0.2) is 4.98 Å². The molecule has 1 aromatic rings. The van der Waals surface area contributed by atoms with E-state index in [1.807, 2.05) is 6.92 Å². The summed E-state index contributed by atoms with van der Waals surface area (Å²) in [5.41, 5.74) is 6.83. The third kappa shape index (κ3) is 2.26. The fourth-order valence-corrected chi connectivity index (χ4v) is 3.61. The first-order chi connectivity index (χ1) is 7.89. The second kappa shape index (κ2) is 4.34. The van der Waals surface area contributed by atoms with E-state index in [-0.39, 0.29) is 16.9 Å². The third-order valence-electron chi connectivity index (χ3n) is 4.19. The summed E-state index contributed by atoms with van der Waals surface area (Å²) >= 11 is 1.66. The van der Waals surface area contributed by atoms with Gasteiger partial charge in [0, 0.05) is 17.3 Å². The molecule has 1 saturated carbocycles. The molecule has 3 N–H and O–H groups in total. The highest BCUT2D eigenvalue weighted by molar-refractivity contribution is 7.09. The maximum atomic E-state index is 10.5. The Bertz CT molecular complexity index is 402. The molecule has 96 valence electrons.